The zero-order valence-electron chi connectivity index (χ0n) is 10.8. The van der Waals surface area contributed by atoms with E-state index in [1.807, 2.05) is 0 Å². The Kier molecular flexibility index (Phi) is 3.83. The summed E-state index contributed by atoms with van der Waals surface area (Å²) >= 11 is 0. The first-order valence-corrected chi connectivity index (χ1v) is 5.69. The van der Waals surface area contributed by atoms with Gasteiger partial charge in [-0.05, 0) is 6.07 Å². The molecular formula is C12H10F3N3O3. The second-order valence-corrected chi connectivity index (χ2v) is 4.11. The number of carboxylic acid groups (broad SMARTS) is 1. The number of aromatic carboxylic acids is 1. The molecule has 0 unspecified atom stereocenters. The Labute approximate surface area is 116 Å². The molecule has 9 heteroatoms. The van der Waals surface area contributed by atoms with Gasteiger partial charge in [0.05, 0.1) is 17.5 Å². The van der Waals surface area contributed by atoms with Crippen LogP contribution in [0.2, 0.25) is 0 Å². The lowest BCUT2D eigenvalue weighted by Gasteiger charge is -2.09. The molecule has 0 bridgehead atoms. The molecule has 1 N–H and O–H groups in total. The van der Waals surface area contributed by atoms with E-state index in [1.54, 1.807) is 0 Å². The Hall–Kier alpha value is -2.58. The molecule has 0 saturated carbocycles. The number of rotatable bonds is 4. The summed E-state index contributed by atoms with van der Waals surface area (Å²) in [6.07, 6.45) is -2.65. The minimum Gasteiger partial charge on any atom is -0.478 e. The number of hydrogen-bond acceptors (Lipinski definition) is 4. The van der Waals surface area contributed by atoms with Crippen molar-refractivity contribution in [3.8, 4) is 5.88 Å². The van der Waals surface area contributed by atoms with Crippen molar-refractivity contribution >= 4 is 5.97 Å². The summed E-state index contributed by atoms with van der Waals surface area (Å²) in [5.41, 5.74) is -0.643. The first-order chi connectivity index (χ1) is 9.79. The summed E-state index contributed by atoms with van der Waals surface area (Å²) in [6, 6.07) is 1.91. The lowest BCUT2D eigenvalue weighted by molar-refractivity contribution is -0.137. The fourth-order valence-electron chi connectivity index (χ4n) is 1.59. The number of ether oxygens (including phenoxy) is 1. The van der Waals surface area contributed by atoms with Crippen LogP contribution in [-0.2, 0) is 19.8 Å². The molecular weight excluding hydrogens is 291 g/mol. The minimum atomic E-state index is -4.47. The number of pyridine rings is 1. The van der Waals surface area contributed by atoms with Gasteiger partial charge in [0.2, 0.25) is 5.88 Å². The number of nitrogens with zero attached hydrogens (tertiary/aromatic N) is 3. The second kappa shape index (κ2) is 5.43. The third-order valence-electron chi connectivity index (χ3n) is 2.71. The number of hydrogen-bond donors (Lipinski definition) is 1. The fourth-order valence-corrected chi connectivity index (χ4v) is 1.59. The van der Waals surface area contributed by atoms with Crippen molar-refractivity contribution in [2.24, 2.45) is 7.05 Å². The molecule has 0 aliphatic carbocycles. The van der Waals surface area contributed by atoms with E-state index in [0.717, 1.165) is 12.1 Å². The van der Waals surface area contributed by atoms with Crippen LogP contribution >= 0.6 is 0 Å². The maximum Gasteiger partial charge on any atom is 0.417 e. The van der Waals surface area contributed by atoms with E-state index in [0.29, 0.717) is 6.20 Å². The standard InChI is InChI=1S/C12H10F3N3O3/c1-18-9(8(5-17-18)11(19)20)6-21-10-3-2-7(4-16-10)12(13,14)15/h2-5H,6H2,1H3,(H,19,20). The van der Waals surface area contributed by atoms with Gasteiger partial charge in [-0.1, -0.05) is 0 Å². The van der Waals surface area contributed by atoms with Gasteiger partial charge in [-0.25, -0.2) is 9.78 Å². The van der Waals surface area contributed by atoms with Crippen molar-refractivity contribution in [2.45, 2.75) is 12.8 Å². The maximum absolute atomic E-state index is 12.4. The largest absolute Gasteiger partial charge is 0.478 e. The van der Waals surface area contributed by atoms with Crippen LogP contribution in [0.5, 0.6) is 5.88 Å². The highest BCUT2D eigenvalue weighted by molar-refractivity contribution is 5.88. The highest BCUT2D eigenvalue weighted by Gasteiger charge is 2.30. The number of carbonyl (C=O) groups is 1. The Morgan fingerprint density at radius 2 is 2.10 bits per heavy atom. The zero-order valence-corrected chi connectivity index (χ0v) is 10.8. The molecule has 0 aromatic carbocycles. The highest BCUT2D eigenvalue weighted by Crippen LogP contribution is 2.29. The Morgan fingerprint density at radius 1 is 1.38 bits per heavy atom. The monoisotopic (exact) mass is 301 g/mol. The van der Waals surface area contributed by atoms with E-state index in [-0.39, 0.29) is 23.7 Å². The predicted molar refractivity (Wildman–Crippen MR) is 63.7 cm³/mol. The molecule has 0 spiro atoms. The van der Waals surface area contributed by atoms with E-state index < -0.39 is 17.7 Å². The third kappa shape index (κ3) is 3.30. The second-order valence-electron chi connectivity index (χ2n) is 4.11. The Bertz CT molecular complexity index is 650. The van der Waals surface area contributed by atoms with Crippen LogP contribution in [0.1, 0.15) is 21.6 Å². The molecule has 0 atom stereocenters. The summed E-state index contributed by atoms with van der Waals surface area (Å²) in [5, 5.41) is 12.7. The number of aromatic nitrogens is 3. The van der Waals surface area contributed by atoms with E-state index >= 15 is 0 Å². The molecule has 0 saturated heterocycles. The zero-order chi connectivity index (χ0) is 15.6. The number of carboxylic acids is 1. The van der Waals surface area contributed by atoms with Gasteiger partial charge < -0.3 is 9.84 Å². The van der Waals surface area contributed by atoms with Gasteiger partial charge in [0.15, 0.2) is 0 Å². The summed E-state index contributed by atoms with van der Waals surface area (Å²) in [5.74, 6) is -1.21. The molecule has 0 amide bonds. The molecule has 0 aliphatic heterocycles. The lowest BCUT2D eigenvalue weighted by atomic mass is 10.2. The first-order valence-electron chi connectivity index (χ1n) is 5.69. The Morgan fingerprint density at radius 3 is 2.62 bits per heavy atom. The average Bonchev–Trinajstić information content (AvgIpc) is 2.77. The van der Waals surface area contributed by atoms with Crippen LogP contribution in [0.3, 0.4) is 0 Å². The van der Waals surface area contributed by atoms with Crippen molar-refractivity contribution in [1.29, 1.82) is 0 Å². The molecule has 2 aromatic heterocycles. The van der Waals surface area contributed by atoms with Gasteiger partial charge in [0.1, 0.15) is 12.2 Å². The van der Waals surface area contributed by atoms with E-state index in [1.165, 1.54) is 17.9 Å². The van der Waals surface area contributed by atoms with Gasteiger partial charge >= 0.3 is 12.1 Å². The normalized spacial score (nSPS) is 11.4. The third-order valence-corrected chi connectivity index (χ3v) is 2.71. The van der Waals surface area contributed by atoms with Gasteiger partial charge in [-0.3, -0.25) is 4.68 Å². The average molecular weight is 301 g/mol. The van der Waals surface area contributed by atoms with Crippen molar-refractivity contribution in [1.82, 2.24) is 14.8 Å². The van der Waals surface area contributed by atoms with E-state index in [9.17, 15) is 18.0 Å². The molecule has 2 aromatic rings. The number of alkyl halides is 3. The molecule has 0 radical (unpaired) electrons. The van der Waals surface area contributed by atoms with Gasteiger partial charge in [-0.15, -0.1) is 0 Å². The topological polar surface area (TPSA) is 77.2 Å². The van der Waals surface area contributed by atoms with Crippen LogP contribution < -0.4 is 4.74 Å². The number of halogens is 3. The van der Waals surface area contributed by atoms with Crippen LogP contribution in [0.4, 0.5) is 13.2 Å². The summed E-state index contributed by atoms with van der Waals surface area (Å²) < 4.78 is 43.6. The van der Waals surface area contributed by atoms with Crippen molar-refractivity contribution < 1.29 is 27.8 Å². The van der Waals surface area contributed by atoms with Crippen molar-refractivity contribution in [3.63, 3.8) is 0 Å². The van der Waals surface area contributed by atoms with Crippen molar-refractivity contribution in [3.05, 3.63) is 41.3 Å². The summed E-state index contributed by atoms with van der Waals surface area (Å²) in [4.78, 5) is 14.5. The predicted octanol–water partition coefficient (Wildman–Crippen LogP) is 2.11. The quantitative estimate of drug-likeness (QED) is 0.936. The van der Waals surface area contributed by atoms with Gasteiger partial charge in [0.25, 0.3) is 0 Å². The molecule has 2 heterocycles. The first kappa shape index (κ1) is 14.8. The summed E-state index contributed by atoms with van der Waals surface area (Å²) in [7, 11) is 1.53. The van der Waals surface area contributed by atoms with Crippen molar-refractivity contribution in [2.75, 3.05) is 0 Å². The fraction of sp³-hybridized carbons (Fsp3) is 0.250. The molecule has 2 rings (SSSR count). The molecule has 0 aliphatic rings. The van der Waals surface area contributed by atoms with Gasteiger partial charge in [-0.2, -0.15) is 18.3 Å². The van der Waals surface area contributed by atoms with Gasteiger partial charge in [0, 0.05) is 19.3 Å². The highest BCUT2D eigenvalue weighted by atomic mass is 19.4. The molecule has 6 nitrogen and oxygen atoms in total. The summed E-state index contributed by atoms with van der Waals surface area (Å²) in [6.45, 7) is -0.170. The molecule has 112 valence electrons. The van der Waals surface area contributed by atoms with Crippen LogP contribution in [0.25, 0.3) is 0 Å². The number of aryl methyl sites for hydroxylation is 1. The smallest absolute Gasteiger partial charge is 0.417 e. The SMILES string of the molecule is Cn1ncc(C(=O)O)c1COc1ccc(C(F)(F)F)cn1. The Balaban J connectivity index is 2.10. The van der Waals surface area contributed by atoms with E-state index in [2.05, 4.69) is 10.1 Å². The van der Waals surface area contributed by atoms with Crippen LogP contribution in [0, 0.1) is 0 Å². The van der Waals surface area contributed by atoms with Crippen LogP contribution in [0.15, 0.2) is 24.5 Å². The maximum atomic E-state index is 12.4. The molecule has 0 fully saturated rings. The lowest BCUT2D eigenvalue weighted by Crippen LogP contribution is -2.09. The molecule has 21 heavy (non-hydrogen) atoms. The minimum absolute atomic E-state index is 0.0376. The van der Waals surface area contributed by atoms with Crippen LogP contribution in [-0.4, -0.2) is 25.8 Å². The van der Waals surface area contributed by atoms with E-state index in [4.69, 9.17) is 9.84 Å².